The van der Waals surface area contributed by atoms with Crippen LogP contribution >= 0.6 is 0 Å². The predicted octanol–water partition coefficient (Wildman–Crippen LogP) is 2.98. The average molecular weight is 520 g/mol. The van der Waals surface area contributed by atoms with Crippen molar-refractivity contribution in [1.29, 1.82) is 5.26 Å². The molecule has 0 aromatic heterocycles. The molecule has 3 heterocycles. The summed E-state index contributed by atoms with van der Waals surface area (Å²) in [4.78, 5) is 27.6. The number of halogens is 3. The molecule has 3 saturated heterocycles. The Balaban J connectivity index is 1.51. The fourth-order valence-electron chi connectivity index (χ4n) is 5.83. The standard InChI is InChI=1S/C24H20F3N3O5S/c1-22-11-17(29-36(33,34)15-6-4-3-5-7-15)23(2,35-22)19-18(22)20(31)30(21(19)32)14-9-8-13(12-28)16(10-14)24(25,26)27/h3-10,17-19,29H,11H2,1-2H3/t17-,18-,19+,22+,23-/m0/s1. The molecule has 36 heavy (non-hydrogen) atoms. The minimum atomic E-state index is -4.87. The summed E-state index contributed by atoms with van der Waals surface area (Å²) >= 11 is 0. The van der Waals surface area contributed by atoms with Crippen LogP contribution in [0.2, 0.25) is 0 Å². The number of ether oxygens (including phenoxy) is 1. The summed E-state index contributed by atoms with van der Waals surface area (Å²) in [5.74, 6) is -3.62. The maximum atomic E-state index is 13.5. The first-order valence-corrected chi connectivity index (χ1v) is 12.5. The van der Waals surface area contributed by atoms with E-state index in [-0.39, 0.29) is 17.0 Å². The van der Waals surface area contributed by atoms with Gasteiger partial charge in [-0.2, -0.15) is 18.4 Å². The van der Waals surface area contributed by atoms with E-state index < -0.39 is 68.2 Å². The number of anilines is 1. The lowest BCUT2D eigenvalue weighted by atomic mass is 9.67. The van der Waals surface area contributed by atoms with E-state index in [0.29, 0.717) is 11.0 Å². The molecule has 2 amide bonds. The number of hydrogen-bond acceptors (Lipinski definition) is 6. The molecule has 0 radical (unpaired) electrons. The molecule has 5 rings (SSSR count). The number of amides is 2. The number of sulfonamides is 1. The van der Waals surface area contributed by atoms with Crippen LogP contribution in [0.15, 0.2) is 53.4 Å². The molecule has 0 spiro atoms. The lowest BCUT2D eigenvalue weighted by Gasteiger charge is -2.35. The zero-order valence-electron chi connectivity index (χ0n) is 19.0. The second kappa shape index (κ2) is 7.61. The molecule has 2 bridgehead atoms. The van der Waals surface area contributed by atoms with Crippen molar-refractivity contribution in [2.45, 2.75) is 48.6 Å². The van der Waals surface area contributed by atoms with Gasteiger partial charge in [-0.05, 0) is 50.6 Å². The van der Waals surface area contributed by atoms with Crippen LogP contribution in [-0.2, 0) is 30.5 Å². The Labute approximate surface area is 204 Å². The summed E-state index contributed by atoms with van der Waals surface area (Å²) in [7, 11) is -3.98. The number of nitriles is 1. The van der Waals surface area contributed by atoms with Gasteiger partial charge in [0.2, 0.25) is 21.8 Å². The predicted molar refractivity (Wildman–Crippen MR) is 119 cm³/mol. The number of nitrogens with one attached hydrogen (secondary N) is 1. The fourth-order valence-corrected chi connectivity index (χ4v) is 7.17. The number of alkyl halides is 3. The van der Waals surface area contributed by atoms with Gasteiger partial charge in [-0.25, -0.2) is 18.0 Å². The van der Waals surface area contributed by atoms with E-state index in [1.807, 2.05) is 0 Å². The van der Waals surface area contributed by atoms with Crippen LogP contribution in [0, 0.1) is 23.2 Å². The van der Waals surface area contributed by atoms with Crippen molar-refractivity contribution in [3.05, 3.63) is 59.7 Å². The van der Waals surface area contributed by atoms with E-state index in [1.165, 1.54) is 25.1 Å². The normalized spacial score (nSPS) is 31.6. The molecule has 188 valence electrons. The molecule has 3 aliphatic heterocycles. The molecule has 3 fully saturated rings. The van der Waals surface area contributed by atoms with Crippen molar-refractivity contribution in [1.82, 2.24) is 4.72 Å². The Bertz CT molecular complexity index is 1440. The Hall–Kier alpha value is -3.27. The summed E-state index contributed by atoms with van der Waals surface area (Å²) < 4.78 is 75.2. The monoisotopic (exact) mass is 519 g/mol. The van der Waals surface area contributed by atoms with Crippen LogP contribution in [-0.4, -0.2) is 37.5 Å². The summed E-state index contributed by atoms with van der Waals surface area (Å²) in [5, 5.41) is 9.05. The third-order valence-electron chi connectivity index (χ3n) is 7.37. The molecule has 0 saturated carbocycles. The van der Waals surface area contributed by atoms with Gasteiger partial charge in [0.1, 0.15) is 0 Å². The van der Waals surface area contributed by atoms with Gasteiger partial charge in [0.05, 0.1) is 56.9 Å². The Morgan fingerprint density at radius 2 is 1.72 bits per heavy atom. The number of benzene rings is 2. The molecule has 0 unspecified atom stereocenters. The molecular formula is C24H20F3N3O5S. The highest BCUT2D eigenvalue weighted by atomic mass is 32.2. The minimum Gasteiger partial charge on any atom is -0.366 e. The largest absolute Gasteiger partial charge is 0.417 e. The minimum absolute atomic E-state index is 0.0193. The molecular weight excluding hydrogens is 499 g/mol. The molecule has 1 N–H and O–H groups in total. The van der Waals surface area contributed by atoms with Crippen LogP contribution in [0.1, 0.15) is 31.4 Å². The van der Waals surface area contributed by atoms with E-state index in [1.54, 1.807) is 25.1 Å². The van der Waals surface area contributed by atoms with E-state index in [2.05, 4.69) is 4.72 Å². The summed E-state index contributed by atoms with van der Waals surface area (Å²) in [6.45, 7) is 3.14. The second-order valence-electron chi connectivity index (χ2n) is 9.60. The van der Waals surface area contributed by atoms with Crippen LogP contribution in [0.4, 0.5) is 18.9 Å². The van der Waals surface area contributed by atoms with E-state index in [9.17, 15) is 31.2 Å². The molecule has 12 heteroatoms. The number of hydrogen-bond donors (Lipinski definition) is 1. The number of carbonyl (C=O) groups is 2. The van der Waals surface area contributed by atoms with Gasteiger partial charge in [-0.3, -0.25) is 9.59 Å². The van der Waals surface area contributed by atoms with E-state index in [4.69, 9.17) is 10.00 Å². The first kappa shape index (κ1) is 24.4. The molecule has 2 aromatic rings. The maximum absolute atomic E-state index is 13.5. The van der Waals surface area contributed by atoms with E-state index >= 15 is 0 Å². The van der Waals surface area contributed by atoms with Crippen molar-refractivity contribution < 1.29 is 35.9 Å². The zero-order chi connectivity index (χ0) is 26.3. The number of imide groups is 1. The van der Waals surface area contributed by atoms with Gasteiger partial charge < -0.3 is 4.74 Å². The third-order valence-corrected chi connectivity index (χ3v) is 8.86. The number of rotatable bonds is 4. The Kier molecular flexibility index (Phi) is 5.17. The molecule has 8 nitrogen and oxygen atoms in total. The first-order valence-electron chi connectivity index (χ1n) is 11.0. The average Bonchev–Trinajstić information content (AvgIpc) is 3.33. The highest BCUT2D eigenvalue weighted by Gasteiger charge is 2.76. The fraction of sp³-hybridized carbons (Fsp3) is 0.375. The van der Waals surface area contributed by atoms with Gasteiger partial charge in [0.15, 0.2) is 0 Å². The van der Waals surface area contributed by atoms with Crippen LogP contribution in [0.5, 0.6) is 0 Å². The molecule has 0 aliphatic carbocycles. The summed E-state index contributed by atoms with van der Waals surface area (Å²) in [6.07, 6.45) is -4.78. The SMILES string of the molecule is C[C@]12O[C@](C)(C[C@@H]1NS(=O)(=O)c1ccccc1)[C@@H]1C(=O)N(c3ccc(C#N)c(C(F)(F)F)c3)C(=O)[C@@H]12. The van der Waals surface area contributed by atoms with Gasteiger partial charge in [-0.1, -0.05) is 18.2 Å². The molecule has 3 aliphatic rings. The lowest BCUT2D eigenvalue weighted by molar-refractivity contribution is -0.138. The zero-order valence-corrected chi connectivity index (χ0v) is 19.9. The first-order chi connectivity index (χ1) is 16.7. The highest BCUT2D eigenvalue weighted by molar-refractivity contribution is 7.89. The molecule has 2 aromatic carbocycles. The van der Waals surface area contributed by atoms with E-state index in [0.717, 1.165) is 12.1 Å². The van der Waals surface area contributed by atoms with Crippen LogP contribution in [0.25, 0.3) is 0 Å². The van der Waals surface area contributed by atoms with Gasteiger partial charge in [0, 0.05) is 0 Å². The van der Waals surface area contributed by atoms with Gasteiger partial charge in [0.25, 0.3) is 0 Å². The van der Waals surface area contributed by atoms with Gasteiger partial charge >= 0.3 is 6.18 Å². The topological polar surface area (TPSA) is 117 Å². The lowest BCUT2D eigenvalue weighted by Crippen LogP contribution is -2.56. The number of nitrogens with zero attached hydrogens (tertiary/aromatic N) is 2. The molecule has 5 atom stereocenters. The van der Waals surface area contributed by atoms with Crippen molar-refractivity contribution >= 4 is 27.5 Å². The van der Waals surface area contributed by atoms with Crippen molar-refractivity contribution in [3.8, 4) is 6.07 Å². The van der Waals surface area contributed by atoms with Crippen molar-refractivity contribution in [2.75, 3.05) is 4.90 Å². The highest BCUT2D eigenvalue weighted by Crippen LogP contribution is 2.61. The van der Waals surface area contributed by atoms with Crippen LogP contribution in [0.3, 0.4) is 0 Å². The second-order valence-corrected chi connectivity index (χ2v) is 11.3. The van der Waals surface area contributed by atoms with Crippen LogP contribution < -0.4 is 9.62 Å². The number of fused-ring (bicyclic) bond motifs is 5. The summed E-state index contributed by atoms with van der Waals surface area (Å²) in [6, 6.07) is 10.9. The maximum Gasteiger partial charge on any atom is 0.417 e. The van der Waals surface area contributed by atoms with Gasteiger partial charge in [-0.15, -0.1) is 0 Å². The Morgan fingerprint density at radius 1 is 1.08 bits per heavy atom. The Morgan fingerprint density at radius 3 is 2.33 bits per heavy atom. The third kappa shape index (κ3) is 3.37. The summed E-state index contributed by atoms with van der Waals surface area (Å²) in [5.41, 5.74) is -4.83. The van der Waals surface area contributed by atoms with Crippen molar-refractivity contribution in [2.24, 2.45) is 11.8 Å². The van der Waals surface area contributed by atoms with Crippen molar-refractivity contribution in [3.63, 3.8) is 0 Å². The smallest absolute Gasteiger partial charge is 0.366 e. The number of carbonyl (C=O) groups excluding carboxylic acids is 2. The quantitative estimate of drug-likeness (QED) is 0.621.